The maximum Gasteiger partial charge on any atom is 0.309 e. The van der Waals surface area contributed by atoms with Gasteiger partial charge in [0.15, 0.2) is 0 Å². The number of ether oxygens (including phenoxy) is 1. The number of carboxylic acids is 1. The molecule has 0 saturated carbocycles. The van der Waals surface area contributed by atoms with E-state index in [4.69, 9.17) is 4.74 Å². The predicted octanol–water partition coefficient (Wildman–Crippen LogP) is 4.80. The second kappa shape index (κ2) is 11.5. The Labute approximate surface area is 230 Å². The molecule has 1 aliphatic heterocycles. The zero-order valence-electron chi connectivity index (χ0n) is 23.3. The van der Waals surface area contributed by atoms with Crippen molar-refractivity contribution in [2.45, 2.75) is 83.9 Å². The number of aromatic nitrogens is 3. The summed E-state index contributed by atoms with van der Waals surface area (Å²) in [5.41, 5.74) is 2.41. The van der Waals surface area contributed by atoms with E-state index in [2.05, 4.69) is 17.2 Å². The molecule has 0 unspecified atom stereocenters. The second-order valence-electron chi connectivity index (χ2n) is 10.9. The number of aliphatic carboxylic acids is 1. The minimum absolute atomic E-state index is 0.157. The lowest BCUT2D eigenvalue weighted by atomic mass is 9.72. The summed E-state index contributed by atoms with van der Waals surface area (Å²) in [6.07, 6.45) is 3.69. The molecule has 0 saturated heterocycles. The number of carbonyl (C=O) groups is 1. The number of aryl methyl sites for hydroxylation is 3. The van der Waals surface area contributed by atoms with E-state index in [-0.39, 0.29) is 30.0 Å². The molecule has 1 N–H and O–H groups in total. The number of hydrogen-bond acceptors (Lipinski definition) is 6. The van der Waals surface area contributed by atoms with Crippen LogP contribution in [-0.4, -0.2) is 51.4 Å². The summed E-state index contributed by atoms with van der Waals surface area (Å²) in [6, 6.07) is 12.6. The number of carboxylic acid groups (broad SMARTS) is 1. The van der Waals surface area contributed by atoms with Crippen LogP contribution < -0.4 is 4.74 Å². The van der Waals surface area contributed by atoms with Gasteiger partial charge in [-0.25, -0.2) is 8.42 Å². The minimum atomic E-state index is -3.79. The highest BCUT2D eigenvalue weighted by atomic mass is 32.2. The highest BCUT2D eigenvalue weighted by molar-refractivity contribution is 7.89. The van der Waals surface area contributed by atoms with Crippen LogP contribution in [0.3, 0.4) is 0 Å². The molecule has 0 fully saturated rings. The Balaban J connectivity index is 1.65. The van der Waals surface area contributed by atoms with Crippen LogP contribution in [-0.2, 0) is 34.3 Å². The molecule has 4 rings (SSSR count). The van der Waals surface area contributed by atoms with E-state index in [1.807, 2.05) is 38.2 Å². The number of rotatable bonds is 10. The van der Waals surface area contributed by atoms with Crippen molar-refractivity contribution in [1.29, 1.82) is 0 Å². The Morgan fingerprint density at radius 1 is 1.23 bits per heavy atom. The van der Waals surface area contributed by atoms with Crippen LogP contribution in [0.1, 0.15) is 68.8 Å². The molecule has 2 aromatic carbocycles. The molecular weight excluding hydrogens is 516 g/mol. The van der Waals surface area contributed by atoms with Crippen LogP contribution in [0.25, 0.3) is 0 Å². The van der Waals surface area contributed by atoms with Gasteiger partial charge >= 0.3 is 5.97 Å². The normalized spacial score (nSPS) is 18.1. The van der Waals surface area contributed by atoms with Gasteiger partial charge in [-0.2, -0.15) is 4.31 Å². The third-order valence-electron chi connectivity index (χ3n) is 7.53. The van der Waals surface area contributed by atoms with Gasteiger partial charge in [-0.15, -0.1) is 5.10 Å². The van der Waals surface area contributed by atoms with Gasteiger partial charge in [0, 0.05) is 19.3 Å². The van der Waals surface area contributed by atoms with Gasteiger partial charge < -0.3 is 9.84 Å². The topological polar surface area (TPSA) is 115 Å². The van der Waals surface area contributed by atoms with Crippen LogP contribution in [0.15, 0.2) is 53.6 Å². The van der Waals surface area contributed by atoms with Crippen molar-refractivity contribution < 1.29 is 23.1 Å². The average Bonchev–Trinajstić information content (AvgIpc) is 3.29. The van der Waals surface area contributed by atoms with Gasteiger partial charge in [-0.1, -0.05) is 42.5 Å². The van der Waals surface area contributed by atoms with Crippen LogP contribution in [0, 0.1) is 12.3 Å². The summed E-state index contributed by atoms with van der Waals surface area (Å²) in [5, 5.41) is 18.6. The fourth-order valence-corrected chi connectivity index (χ4v) is 6.75. The number of nitrogens with zero attached hydrogens (tertiary/aromatic N) is 4. The smallest absolute Gasteiger partial charge is 0.309 e. The van der Waals surface area contributed by atoms with Gasteiger partial charge in [0.2, 0.25) is 10.0 Å². The second-order valence-corrected chi connectivity index (χ2v) is 12.9. The van der Waals surface area contributed by atoms with Crippen molar-refractivity contribution >= 4 is 16.0 Å². The van der Waals surface area contributed by atoms with Gasteiger partial charge in [0.05, 0.1) is 17.7 Å². The van der Waals surface area contributed by atoms with Gasteiger partial charge in [-0.3, -0.25) is 9.48 Å². The van der Waals surface area contributed by atoms with E-state index in [0.29, 0.717) is 18.6 Å². The summed E-state index contributed by atoms with van der Waals surface area (Å²) >= 11 is 0. The van der Waals surface area contributed by atoms with Crippen LogP contribution in [0.5, 0.6) is 5.75 Å². The molecule has 1 aromatic heterocycles. The summed E-state index contributed by atoms with van der Waals surface area (Å²) in [6.45, 7) is 10.5. The quantitative estimate of drug-likeness (QED) is 0.383. The number of fused-ring (bicyclic) bond motifs is 1. The van der Waals surface area contributed by atoms with E-state index in [9.17, 15) is 18.3 Å². The first-order valence-corrected chi connectivity index (χ1v) is 14.8. The molecule has 0 spiro atoms. The highest BCUT2D eigenvalue weighted by Crippen LogP contribution is 2.40. The molecule has 10 heteroatoms. The first-order valence-electron chi connectivity index (χ1n) is 13.4. The van der Waals surface area contributed by atoms with Crippen molar-refractivity contribution in [3.8, 4) is 5.75 Å². The van der Waals surface area contributed by atoms with Crippen molar-refractivity contribution in [2.24, 2.45) is 5.41 Å². The largest absolute Gasteiger partial charge is 0.488 e. The molecule has 2 heterocycles. The Morgan fingerprint density at radius 2 is 1.97 bits per heavy atom. The number of benzene rings is 2. The molecule has 39 heavy (non-hydrogen) atoms. The Bertz CT molecular complexity index is 1430. The molecule has 210 valence electrons. The van der Waals surface area contributed by atoms with E-state index < -0.39 is 21.4 Å². The summed E-state index contributed by atoms with van der Waals surface area (Å²) in [5.74, 6) is -0.853. The zero-order valence-corrected chi connectivity index (χ0v) is 24.1. The summed E-state index contributed by atoms with van der Waals surface area (Å²) in [4.78, 5) is 12.5. The highest BCUT2D eigenvalue weighted by Gasteiger charge is 2.38. The molecule has 3 aromatic rings. The lowest BCUT2D eigenvalue weighted by molar-refractivity contribution is -0.148. The van der Waals surface area contributed by atoms with E-state index in [0.717, 1.165) is 35.3 Å². The molecule has 1 aliphatic rings. The molecule has 9 nitrogen and oxygen atoms in total. The van der Waals surface area contributed by atoms with Crippen LogP contribution in [0.4, 0.5) is 0 Å². The number of para-hydroxylation sites is 1. The van der Waals surface area contributed by atoms with Crippen molar-refractivity contribution in [1.82, 2.24) is 19.3 Å². The van der Waals surface area contributed by atoms with E-state index in [1.165, 1.54) is 4.31 Å². The van der Waals surface area contributed by atoms with E-state index in [1.54, 1.807) is 42.8 Å². The Hall–Kier alpha value is -3.24. The van der Waals surface area contributed by atoms with Gasteiger partial charge in [-0.05, 0) is 81.7 Å². The average molecular weight is 555 g/mol. The zero-order chi connectivity index (χ0) is 28.4. The first-order chi connectivity index (χ1) is 18.4. The monoisotopic (exact) mass is 554 g/mol. The van der Waals surface area contributed by atoms with Crippen molar-refractivity contribution in [3.05, 3.63) is 71.0 Å². The first kappa shape index (κ1) is 28.8. The van der Waals surface area contributed by atoms with Gasteiger partial charge in [0.1, 0.15) is 16.7 Å². The minimum Gasteiger partial charge on any atom is -0.488 e. The number of hydrogen-bond donors (Lipinski definition) is 1. The third-order valence-corrected chi connectivity index (χ3v) is 9.38. The summed E-state index contributed by atoms with van der Waals surface area (Å²) < 4.78 is 36.4. The third kappa shape index (κ3) is 6.17. The molecular formula is C29H38N4O5S. The molecule has 0 amide bonds. The Morgan fingerprint density at radius 3 is 2.69 bits per heavy atom. The van der Waals surface area contributed by atoms with Crippen molar-refractivity contribution in [2.75, 3.05) is 6.54 Å². The lowest BCUT2D eigenvalue weighted by Gasteiger charge is -2.32. The van der Waals surface area contributed by atoms with Gasteiger partial charge in [0.25, 0.3) is 0 Å². The van der Waals surface area contributed by atoms with Crippen LogP contribution in [0.2, 0.25) is 0 Å². The fourth-order valence-electron chi connectivity index (χ4n) is 5.13. The summed E-state index contributed by atoms with van der Waals surface area (Å²) in [7, 11) is -3.79. The molecule has 2 atom stereocenters. The predicted molar refractivity (Wildman–Crippen MR) is 148 cm³/mol. The van der Waals surface area contributed by atoms with E-state index >= 15 is 0 Å². The standard InChI is InChI=1S/C29H38N4O5S/c1-6-15-32-19-24(30-31-32)13-14-25(29(4,5)28(34)35)22-12-11-20(2)23(16-22)18-33-17-21(3)38-26-9-7-8-10-27(26)39(33,36)37/h7-12,16,19,21,25H,6,13-15,17-18H2,1-5H3,(H,34,35)/t21-,25-/m1/s1. The van der Waals surface area contributed by atoms with Crippen molar-refractivity contribution in [3.63, 3.8) is 0 Å². The Kier molecular flexibility index (Phi) is 8.46. The molecule has 0 radical (unpaired) electrons. The number of sulfonamides is 1. The SMILES string of the molecule is CCCn1cc(CC[C@H](c2ccc(C)c(CN3C[C@@H](C)Oc4ccccc4S3(=O)=O)c2)C(C)(C)C(=O)O)nn1. The maximum absolute atomic E-state index is 13.6. The molecule has 0 bridgehead atoms. The lowest BCUT2D eigenvalue weighted by Crippen LogP contribution is -2.35. The molecule has 0 aliphatic carbocycles. The van der Waals surface area contributed by atoms with Crippen LogP contribution >= 0.6 is 0 Å². The maximum atomic E-state index is 13.6. The fraction of sp³-hybridized carbons (Fsp3) is 0.483.